The van der Waals surface area contributed by atoms with Crippen LogP contribution in [0.4, 0.5) is 10.5 Å². The van der Waals surface area contributed by atoms with Crippen molar-refractivity contribution in [1.82, 2.24) is 19.9 Å². The highest BCUT2D eigenvalue weighted by molar-refractivity contribution is 5.80. The summed E-state index contributed by atoms with van der Waals surface area (Å²) in [7, 11) is 0. The summed E-state index contributed by atoms with van der Waals surface area (Å²) >= 11 is 0. The van der Waals surface area contributed by atoms with E-state index >= 15 is 0 Å². The molecular formula is C25H33N5O3. The maximum atomic E-state index is 12.0. The smallest absolute Gasteiger partial charge is 0.407 e. The molecule has 8 nitrogen and oxygen atoms in total. The van der Waals surface area contributed by atoms with Gasteiger partial charge in [-0.2, -0.15) is 5.10 Å². The lowest BCUT2D eigenvalue weighted by atomic mass is 10.0. The lowest BCUT2D eigenvalue weighted by Gasteiger charge is -2.38. The standard InChI is InChI=1S/C25H33N5O3/c1-17-11-18(7-8-19(17)13-26-23(31)33-24(2,3)4)22-21-12-20(14-30(21)28-16-27-22)29-9-10-32-25(5,6)15-29/h7-8,11-12,14,16H,9-10,13,15H2,1-6H3,(H,26,31). The molecule has 1 aliphatic rings. The molecule has 33 heavy (non-hydrogen) atoms. The van der Waals surface area contributed by atoms with Gasteiger partial charge in [0.1, 0.15) is 11.9 Å². The molecule has 0 aliphatic carbocycles. The number of alkyl carbamates (subject to hydrolysis) is 1. The lowest BCUT2D eigenvalue weighted by molar-refractivity contribution is -0.0276. The SMILES string of the molecule is Cc1cc(-c2ncnn3cc(N4CCOC(C)(C)C4)cc23)ccc1CNC(=O)OC(C)(C)C. The number of nitrogens with zero attached hydrogens (tertiary/aromatic N) is 4. The van der Waals surface area contributed by atoms with Crippen LogP contribution in [-0.2, 0) is 16.0 Å². The first-order valence-corrected chi connectivity index (χ1v) is 11.3. The number of aromatic nitrogens is 3. The van der Waals surface area contributed by atoms with Crippen LogP contribution in [0.15, 0.2) is 36.8 Å². The molecule has 3 heterocycles. The van der Waals surface area contributed by atoms with E-state index in [-0.39, 0.29) is 5.60 Å². The van der Waals surface area contributed by atoms with Gasteiger partial charge in [-0.15, -0.1) is 0 Å². The maximum absolute atomic E-state index is 12.0. The number of benzene rings is 1. The van der Waals surface area contributed by atoms with Crippen LogP contribution in [0.2, 0.25) is 0 Å². The Balaban J connectivity index is 1.56. The Bertz CT molecular complexity index is 1160. The molecule has 1 saturated heterocycles. The van der Waals surface area contributed by atoms with Gasteiger partial charge in [-0.3, -0.25) is 0 Å². The van der Waals surface area contributed by atoms with Crippen molar-refractivity contribution in [2.75, 3.05) is 24.6 Å². The molecule has 1 fully saturated rings. The number of hydrogen-bond donors (Lipinski definition) is 1. The molecule has 3 aromatic rings. The van der Waals surface area contributed by atoms with E-state index < -0.39 is 11.7 Å². The molecule has 0 spiro atoms. The Kier molecular flexibility index (Phi) is 6.05. The van der Waals surface area contributed by atoms with Gasteiger partial charge in [0.25, 0.3) is 0 Å². The highest BCUT2D eigenvalue weighted by Gasteiger charge is 2.28. The number of ether oxygens (including phenoxy) is 2. The summed E-state index contributed by atoms with van der Waals surface area (Å²) in [6.07, 6.45) is 3.21. The first kappa shape index (κ1) is 23.0. The number of hydrogen-bond acceptors (Lipinski definition) is 6. The molecule has 1 N–H and O–H groups in total. The summed E-state index contributed by atoms with van der Waals surface area (Å²) in [6.45, 7) is 14.6. The van der Waals surface area contributed by atoms with Crippen LogP contribution in [0.3, 0.4) is 0 Å². The molecule has 4 rings (SSSR count). The summed E-state index contributed by atoms with van der Waals surface area (Å²) in [4.78, 5) is 18.9. The number of aryl methyl sites for hydroxylation is 1. The quantitative estimate of drug-likeness (QED) is 0.635. The largest absolute Gasteiger partial charge is 0.444 e. The van der Waals surface area contributed by atoms with Crippen molar-refractivity contribution < 1.29 is 14.3 Å². The van der Waals surface area contributed by atoms with E-state index in [9.17, 15) is 4.79 Å². The number of morpholine rings is 1. The van der Waals surface area contributed by atoms with E-state index in [0.717, 1.165) is 46.7 Å². The van der Waals surface area contributed by atoms with Gasteiger partial charge in [0, 0.05) is 25.2 Å². The second-order valence-corrected chi connectivity index (χ2v) is 10.2. The Labute approximate surface area is 194 Å². The van der Waals surface area contributed by atoms with Crippen LogP contribution < -0.4 is 10.2 Å². The number of amides is 1. The van der Waals surface area contributed by atoms with Gasteiger partial charge < -0.3 is 19.7 Å². The van der Waals surface area contributed by atoms with Crippen LogP contribution >= 0.6 is 0 Å². The molecule has 0 saturated carbocycles. The molecule has 1 aliphatic heterocycles. The number of rotatable bonds is 4. The van der Waals surface area contributed by atoms with Crippen molar-refractivity contribution in [3.63, 3.8) is 0 Å². The van der Waals surface area contributed by atoms with E-state index in [4.69, 9.17) is 9.47 Å². The predicted molar refractivity (Wildman–Crippen MR) is 128 cm³/mol. The number of fused-ring (bicyclic) bond motifs is 1. The zero-order valence-corrected chi connectivity index (χ0v) is 20.3. The molecule has 2 aromatic heterocycles. The fourth-order valence-electron chi connectivity index (χ4n) is 4.07. The first-order chi connectivity index (χ1) is 15.5. The summed E-state index contributed by atoms with van der Waals surface area (Å²) in [5, 5.41) is 7.25. The highest BCUT2D eigenvalue weighted by atomic mass is 16.6. The summed E-state index contributed by atoms with van der Waals surface area (Å²) in [5.41, 5.74) is 5.35. The monoisotopic (exact) mass is 451 g/mol. The minimum absolute atomic E-state index is 0.179. The predicted octanol–water partition coefficient (Wildman–Crippen LogP) is 4.34. The fourth-order valence-corrected chi connectivity index (χ4v) is 4.07. The maximum Gasteiger partial charge on any atom is 0.407 e. The van der Waals surface area contributed by atoms with Crippen molar-refractivity contribution in [1.29, 1.82) is 0 Å². The molecule has 1 aromatic carbocycles. The van der Waals surface area contributed by atoms with Crippen molar-refractivity contribution in [3.05, 3.63) is 47.9 Å². The Morgan fingerprint density at radius 2 is 2.06 bits per heavy atom. The molecule has 0 bridgehead atoms. The van der Waals surface area contributed by atoms with Gasteiger partial charge >= 0.3 is 6.09 Å². The third kappa shape index (κ3) is 5.45. The van der Waals surface area contributed by atoms with Crippen molar-refractivity contribution >= 4 is 17.3 Å². The Morgan fingerprint density at radius 1 is 1.27 bits per heavy atom. The van der Waals surface area contributed by atoms with Gasteiger partial charge in [-0.25, -0.2) is 14.3 Å². The molecular weight excluding hydrogens is 418 g/mol. The first-order valence-electron chi connectivity index (χ1n) is 11.3. The van der Waals surface area contributed by atoms with E-state index in [1.165, 1.54) is 0 Å². The third-order valence-corrected chi connectivity index (χ3v) is 5.62. The van der Waals surface area contributed by atoms with Gasteiger partial charge in [0.15, 0.2) is 0 Å². The molecule has 0 radical (unpaired) electrons. The number of nitrogens with one attached hydrogen (secondary N) is 1. The Morgan fingerprint density at radius 3 is 2.76 bits per heavy atom. The topological polar surface area (TPSA) is 81.0 Å². The summed E-state index contributed by atoms with van der Waals surface area (Å²) < 4.78 is 13.1. The van der Waals surface area contributed by atoms with Crippen LogP contribution in [0.25, 0.3) is 16.8 Å². The zero-order chi connectivity index (χ0) is 23.8. The number of carbonyl (C=O) groups excluding carboxylic acids is 1. The third-order valence-electron chi connectivity index (χ3n) is 5.62. The highest BCUT2D eigenvalue weighted by Crippen LogP contribution is 2.30. The van der Waals surface area contributed by atoms with Crippen LogP contribution in [0.5, 0.6) is 0 Å². The van der Waals surface area contributed by atoms with E-state index in [2.05, 4.69) is 46.3 Å². The molecule has 1 amide bonds. The average molecular weight is 452 g/mol. The minimum atomic E-state index is -0.519. The van der Waals surface area contributed by atoms with Crippen LogP contribution in [0.1, 0.15) is 45.7 Å². The van der Waals surface area contributed by atoms with Crippen LogP contribution in [-0.4, -0.2) is 51.6 Å². The van der Waals surface area contributed by atoms with Crippen molar-refractivity contribution in [2.24, 2.45) is 0 Å². The lowest BCUT2D eigenvalue weighted by Crippen LogP contribution is -2.48. The van der Waals surface area contributed by atoms with E-state index in [0.29, 0.717) is 13.2 Å². The van der Waals surface area contributed by atoms with E-state index in [1.807, 2.05) is 50.5 Å². The molecule has 8 heteroatoms. The van der Waals surface area contributed by atoms with Gasteiger partial charge in [-0.1, -0.05) is 12.1 Å². The van der Waals surface area contributed by atoms with Crippen molar-refractivity contribution in [3.8, 4) is 11.3 Å². The van der Waals surface area contributed by atoms with Gasteiger partial charge in [0.05, 0.1) is 35.3 Å². The van der Waals surface area contributed by atoms with Crippen molar-refractivity contribution in [2.45, 2.75) is 59.3 Å². The normalized spacial score (nSPS) is 16.1. The molecule has 0 atom stereocenters. The van der Waals surface area contributed by atoms with E-state index in [1.54, 1.807) is 6.33 Å². The number of carbonyl (C=O) groups is 1. The molecule has 0 unspecified atom stereocenters. The summed E-state index contributed by atoms with van der Waals surface area (Å²) in [5.74, 6) is 0. The second-order valence-electron chi connectivity index (χ2n) is 10.2. The van der Waals surface area contributed by atoms with Gasteiger partial charge in [0.2, 0.25) is 0 Å². The average Bonchev–Trinajstić information content (AvgIpc) is 3.15. The fraction of sp³-hybridized carbons (Fsp3) is 0.480. The zero-order valence-electron chi connectivity index (χ0n) is 20.3. The van der Waals surface area contributed by atoms with Crippen LogP contribution in [0, 0.1) is 6.92 Å². The summed E-state index contributed by atoms with van der Waals surface area (Å²) in [6, 6.07) is 8.30. The van der Waals surface area contributed by atoms with Gasteiger partial charge in [-0.05, 0) is 64.8 Å². The second kappa shape index (κ2) is 8.67. The number of anilines is 1. The minimum Gasteiger partial charge on any atom is -0.444 e. The Hall–Kier alpha value is -3.13. The molecule has 176 valence electrons.